The molecule has 1 atom stereocenters. The van der Waals surface area contributed by atoms with E-state index in [1.54, 1.807) is 12.5 Å². The zero-order chi connectivity index (χ0) is 10.7. The standard InChI is InChI=1S/C11H11BrN2O/c1-13-11(9-5-3-7-15-9)10-8(12)4-2-6-14-10/h2-7,11,13H,1H3. The normalized spacial score (nSPS) is 12.7. The Morgan fingerprint density at radius 2 is 2.27 bits per heavy atom. The van der Waals surface area contributed by atoms with Crippen LogP contribution in [0.4, 0.5) is 0 Å². The molecule has 2 aromatic rings. The molecule has 1 N–H and O–H groups in total. The third-order valence-corrected chi connectivity index (χ3v) is 2.85. The predicted octanol–water partition coefficient (Wildman–Crippen LogP) is 2.75. The molecule has 2 heterocycles. The van der Waals surface area contributed by atoms with Crippen LogP contribution < -0.4 is 5.32 Å². The summed E-state index contributed by atoms with van der Waals surface area (Å²) in [4.78, 5) is 4.34. The molecule has 0 aliphatic heterocycles. The highest BCUT2D eigenvalue weighted by Gasteiger charge is 2.18. The number of aromatic nitrogens is 1. The fraction of sp³-hybridized carbons (Fsp3) is 0.182. The van der Waals surface area contributed by atoms with Gasteiger partial charge in [0.15, 0.2) is 0 Å². The van der Waals surface area contributed by atoms with Crippen LogP contribution >= 0.6 is 15.9 Å². The van der Waals surface area contributed by atoms with E-state index in [1.807, 2.05) is 31.3 Å². The zero-order valence-corrected chi connectivity index (χ0v) is 9.86. The Morgan fingerprint density at radius 1 is 1.40 bits per heavy atom. The molecule has 0 aliphatic rings. The fourth-order valence-corrected chi connectivity index (χ4v) is 1.96. The largest absolute Gasteiger partial charge is 0.467 e. The van der Waals surface area contributed by atoms with Gasteiger partial charge < -0.3 is 9.73 Å². The van der Waals surface area contributed by atoms with Gasteiger partial charge in [-0.15, -0.1) is 0 Å². The third-order valence-electron chi connectivity index (χ3n) is 2.18. The fourth-order valence-electron chi connectivity index (χ4n) is 1.48. The van der Waals surface area contributed by atoms with Crippen LogP contribution in [0.15, 0.2) is 45.6 Å². The Balaban J connectivity index is 2.40. The first-order valence-corrected chi connectivity index (χ1v) is 5.43. The lowest BCUT2D eigenvalue weighted by atomic mass is 10.1. The van der Waals surface area contributed by atoms with Crippen LogP contribution in [0.25, 0.3) is 0 Å². The molecule has 3 nitrogen and oxygen atoms in total. The third kappa shape index (κ3) is 2.11. The maximum absolute atomic E-state index is 5.37. The molecule has 2 aromatic heterocycles. The Labute approximate surface area is 96.6 Å². The second-order valence-corrected chi connectivity index (χ2v) is 3.96. The minimum Gasteiger partial charge on any atom is -0.467 e. The van der Waals surface area contributed by atoms with Crippen molar-refractivity contribution in [2.75, 3.05) is 7.05 Å². The molecule has 0 amide bonds. The van der Waals surface area contributed by atoms with E-state index in [9.17, 15) is 0 Å². The van der Waals surface area contributed by atoms with E-state index in [0.29, 0.717) is 0 Å². The summed E-state index contributed by atoms with van der Waals surface area (Å²) in [6.07, 6.45) is 3.43. The smallest absolute Gasteiger partial charge is 0.126 e. The highest BCUT2D eigenvalue weighted by atomic mass is 79.9. The van der Waals surface area contributed by atoms with E-state index in [1.165, 1.54) is 0 Å². The zero-order valence-electron chi connectivity index (χ0n) is 8.27. The Bertz CT molecular complexity index is 428. The minimum atomic E-state index is -0.0180. The molecular formula is C11H11BrN2O. The van der Waals surface area contributed by atoms with Crippen LogP contribution in [0, 0.1) is 0 Å². The summed E-state index contributed by atoms with van der Waals surface area (Å²) in [5.41, 5.74) is 0.926. The topological polar surface area (TPSA) is 38.1 Å². The van der Waals surface area contributed by atoms with E-state index in [4.69, 9.17) is 4.42 Å². The van der Waals surface area contributed by atoms with Gasteiger partial charge in [-0.05, 0) is 47.2 Å². The van der Waals surface area contributed by atoms with Crippen LogP contribution in [0.2, 0.25) is 0 Å². The highest BCUT2D eigenvalue weighted by Crippen LogP contribution is 2.26. The predicted molar refractivity (Wildman–Crippen MR) is 61.5 cm³/mol. The Hall–Kier alpha value is -1.13. The van der Waals surface area contributed by atoms with Crippen molar-refractivity contribution in [1.29, 1.82) is 0 Å². The summed E-state index contributed by atoms with van der Waals surface area (Å²) in [6, 6.07) is 7.65. The molecule has 0 bridgehead atoms. The molecule has 0 radical (unpaired) electrons. The monoisotopic (exact) mass is 266 g/mol. The Kier molecular flexibility index (Phi) is 3.18. The number of furan rings is 1. The second kappa shape index (κ2) is 4.59. The SMILES string of the molecule is CNC(c1ccco1)c1ncccc1Br. The number of pyridine rings is 1. The van der Waals surface area contributed by atoms with Gasteiger partial charge in [0.1, 0.15) is 11.8 Å². The van der Waals surface area contributed by atoms with Gasteiger partial charge in [-0.3, -0.25) is 4.98 Å². The van der Waals surface area contributed by atoms with E-state index in [2.05, 4.69) is 26.2 Å². The van der Waals surface area contributed by atoms with Crippen molar-refractivity contribution in [2.45, 2.75) is 6.04 Å². The van der Waals surface area contributed by atoms with E-state index in [-0.39, 0.29) is 6.04 Å². The van der Waals surface area contributed by atoms with E-state index >= 15 is 0 Å². The van der Waals surface area contributed by atoms with Crippen molar-refractivity contribution in [3.8, 4) is 0 Å². The maximum Gasteiger partial charge on any atom is 0.126 e. The van der Waals surface area contributed by atoms with Crippen molar-refractivity contribution in [1.82, 2.24) is 10.3 Å². The maximum atomic E-state index is 5.37. The van der Waals surface area contributed by atoms with Gasteiger partial charge in [-0.2, -0.15) is 0 Å². The first-order chi connectivity index (χ1) is 7.33. The van der Waals surface area contributed by atoms with Crippen LogP contribution in [0.1, 0.15) is 17.5 Å². The van der Waals surface area contributed by atoms with Crippen molar-refractivity contribution < 1.29 is 4.42 Å². The van der Waals surface area contributed by atoms with Gasteiger partial charge in [-0.25, -0.2) is 0 Å². The summed E-state index contributed by atoms with van der Waals surface area (Å²) in [5, 5.41) is 3.18. The molecule has 0 aromatic carbocycles. The summed E-state index contributed by atoms with van der Waals surface area (Å²) >= 11 is 3.48. The average molecular weight is 267 g/mol. The molecule has 78 valence electrons. The number of nitrogens with zero attached hydrogens (tertiary/aromatic N) is 1. The summed E-state index contributed by atoms with van der Waals surface area (Å²) in [5.74, 6) is 0.858. The quantitative estimate of drug-likeness (QED) is 0.929. The molecule has 2 rings (SSSR count). The molecule has 15 heavy (non-hydrogen) atoms. The first kappa shape index (κ1) is 10.4. The lowest BCUT2D eigenvalue weighted by Crippen LogP contribution is -2.18. The molecule has 1 unspecified atom stereocenters. The average Bonchev–Trinajstić information content (AvgIpc) is 2.75. The summed E-state index contributed by atoms with van der Waals surface area (Å²) in [7, 11) is 1.88. The number of hydrogen-bond acceptors (Lipinski definition) is 3. The van der Waals surface area contributed by atoms with E-state index in [0.717, 1.165) is 15.9 Å². The Morgan fingerprint density at radius 3 is 2.87 bits per heavy atom. The van der Waals surface area contributed by atoms with Crippen molar-refractivity contribution in [2.24, 2.45) is 0 Å². The van der Waals surface area contributed by atoms with Crippen molar-refractivity contribution >= 4 is 15.9 Å². The van der Waals surface area contributed by atoms with Gasteiger partial charge in [0.2, 0.25) is 0 Å². The van der Waals surface area contributed by atoms with Gasteiger partial charge in [0.25, 0.3) is 0 Å². The van der Waals surface area contributed by atoms with Gasteiger partial charge in [0.05, 0.1) is 12.0 Å². The number of nitrogens with one attached hydrogen (secondary N) is 1. The summed E-state index contributed by atoms with van der Waals surface area (Å²) in [6.45, 7) is 0. The molecule has 0 aliphatic carbocycles. The highest BCUT2D eigenvalue weighted by molar-refractivity contribution is 9.10. The van der Waals surface area contributed by atoms with Gasteiger partial charge in [0, 0.05) is 10.7 Å². The van der Waals surface area contributed by atoms with Crippen LogP contribution in [-0.2, 0) is 0 Å². The van der Waals surface area contributed by atoms with Gasteiger partial charge in [-0.1, -0.05) is 0 Å². The summed E-state index contributed by atoms with van der Waals surface area (Å²) < 4.78 is 6.35. The minimum absolute atomic E-state index is 0.0180. The second-order valence-electron chi connectivity index (χ2n) is 3.11. The lowest BCUT2D eigenvalue weighted by Gasteiger charge is -2.14. The number of hydrogen-bond donors (Lipinski definition) is 1. The number of halogens is 1. The van der Waals surface area contributed by atoms with Crippen LogP contribution in [0.3, 0.4) is 0 Å². The number of rotatable bonds is 3. The van der Waals surface area contributed by atoms with Crippen molar-refractivity contribution in [3.63, 3.8) is 0 Å². The lowest BCUT2D eigenvalue weighted by molar-refractivity contribution is 0.458. The molecule has 0 spiro atoms. The van der Waals surface area contributed by atoms with Crippen LogP contribution in [-0.4, -0.2) is 12.0 Å². The molecule has 0 fully saturated rings. The first-order valence-electron chi connectivity index (χ1n) is 4.64. The van der Waals surface area contributed by atoms with Crippen LogP contribution in [0.5, 0.6) is 0 Å². The van der Waals surface area contributed by atoms with Crippen molar-refractivity contribution in [3.05, 3.63) is 52.7 Å². The molecule has 0 saturated heterocycles. The molecular weight excluding hydrogens is 256 g/mol. The molecule has 4 heteroatoms. The van der Waals surface area contributed by atoms with Gasteiger partial charge >= 0.3 is 0 Å². The van der Waals surface area contributed by atoms with E-state index < -0.39 is 0 Å². The molecule has 0 saturated carbocycles.